The fourth-order valence-electron chi connectivity index (χ4n) is 2.90. The summed E-state index contributed by atoms with van der Waals surface area (Å²) in [6, 6.07) is 14.8. The minimum absolute atomic E-state index is 0.983. The zero-order valence-electron chi connectivity index (χ0n) is 13.3. The Bertz CT molecular complexity index is 621. The van der Waals surface area contributed by atoms with Gasteiger partial charge in [0.1, 0.15) is 11.5 Å². The Morgan fingerprint density at radius 1 is 0.818 bits per heavy atom. The predicted octanol–water partition coefficient (Wildman–Crippen LogP) is 6.85. The lowest BCUT2D eigenvalue weighted by Gasteiger charge is -2.21. The van der Waals surface area contributed by atoms with E-state index in [0.717, 1.165) is 17.9 Å². The maximum Gasteiger partial charge on any atom is 0.141 e. The Morgan fingerprint density at radius 2 is 1.59 bits per heavy atom. The van der Waals surface area contributed by atoms with Crippen LogP contribution in [0.3, 0.4) is 0 Å². The van der Waals surface area contributed by atoms with E-state index in [0.29, 0.717) is 0 Å². The van der Waals surface area contributed by atoms with Crippen molar-refractivity contribution < 1.29 is 4.74 Å². The Morgan fingerprint density at radius 3 is 2.50 bits per heavy atom. The molecule has 0 fully saturated rings. The highest BCUT2D eigenvalue weighted by molar-refractivity contribution is 7.99. The van der Waals surface area contributed by atoms with Crippen molar-refractivity contribution in [2.75, 3.05) is 0 Å². The third-order valence-corrected chi connectivity index (χ3v) is 5.37. The largest absolute Gasteiger partial charge is 0.455 e. The second kappa shape index (κ2) is 7.73. The van der Waals surface area contributed by atoms with Crippen LogP contribution in [0.4, 0.5) is 0 Å². The second-order valence-corrected chi connectivity index (χ2v) is 6.97. The summed E-state index contributed by atoms with van der Waals surface area (Å²) < 4.78 is 6.06. The van der Waals surface area contributed by atoms with Gasteiger partial charge in [-0.05, 0) is 36.6 Å². The molecule has 0 atom stereocenters. The number of rotatable bonds is 7. The van der Waals surface area contributed by atoms with Crippen molar-refractivity contribution in [2.45, 2.75) is 61.7 Å². The third-order valence-electron chi connectivity index (χ3n) is 4.14. The molecule has 1 aliphatic rings. The minimum atomic E-state index is 0.983. The van der Waals surface area contributed by atoms with Crippen LogP contribution in [-0.4, -0.2) is 0 Å². The first-order valence-electron chi connectivity index (χ1n) is 8.45. The van der Waals surface area contributed by atoms with Crippen LogP contribution >= 0.6 is 11.8 Å². The standard InChI is InChI=1S/C20H24OS/c1-2-3-4-5-6-7-11-16-12-10-14-18-20(16)22-19-15-9-8-13-17(19)21-18/h8-10,12-15H,2-7,11H2,1H3. The van der Waals surface area contributed by atoms with Crippen LogP contribution in [0.2, 0.25) is 0 Å². The molecule has 0 saturated heterocycles. The lowest BCUT2D eigenvalue weighted by molar-refractivity contribution is 0.452. The van der Waals surface area contributed by atoms with E-state index in [4.69, 9.17) is 4.74 Å². The van der Waals surface area contributed by atoms with Gasteiger partial charge in [-0.25, -0.2) is 0 Å². The maximum absolute atomic E-state index is 6.06. The van der Waals surface area contributed by atoms with Crippen molar-refractivity contribution in [3.8, 4) is 11.5 Å². The van der Waals surface area contributed by atoms with Gasteiger partial charge >= 0.3 is 0 Å². The smallest absolute Gasteiger partial charge is 0.141 e. The van der Waals surface area contributed by atoms with Gasteiger partial charge in [0.2, 0.25) is 0 Å². The minimum Gasteiger partial charge on any atom is -0.455 e. The number of para-hydroxylation sites is 1. The molecule has 0 bridgehead atoms. The molecule has 0 aliphatic carbocycles. The summed E-state index contributed by atoms with van der Waals surface area (Å²) in [4.78, 5) is 2.54. The molecule has 0 N–H and O–H groups in total. The molecule has 0 aromatic heterocycles. The third kappa shape index (κ3) is 3.67. The van der Waals surface area contributed by atoms with Crippen LogP contribution in [0.5, 0.6) is 11.5 Å². The summed E-state index contributed by atoms with van der Waals surface area (Å²) in [5.41, 5.74) is 1.44. The topological polar surface area (TPSA) is 9.23 Å². The molecule has 0 unspecified atom stereocenters. The van der Waals surface area contributed by atoms with Crippen LogP contribution < -0.4 is 4.74 Å². The molecule has 1 aliphatic heterocycles. The molecular formula is C20H24OS. The highest BCUT2D eigenvalue weighted by Crippen LogP contribution is 2.48. The molecule has 1 nitrogen and oxygen atoms in total. The average molecular weight is 312 g/mol. The molecule has 2 aromatic rings. The van der Waals surface area contributed by atoms with Gasteiger partial charge in [-0.3, -0.25) is 0 Å². The van der Waals surface area contributed by atoms with Crippen LogP contribution in [0.15, 0.2) is 52.3 Å². The molecule has 2 heteroatoms. The lowest BCUT2D eigenvalue weighted by Crippen LogP contribution is -1.98. The predicted molar refractivity (Wildman–Crippen MR) is 94.2 cm³/mol. The molecule has 1 heterocycles. The zero-order chi connectivity index (χ0) is 15.2. The number of hydrogen-bond acceptors (Lipinski definition) is 2. The van der Waals surface area contributed by atoms with Crippen molar-refractivity contribution in [3.05, 3.63) is 48.0 Å². The Kier molecular flexibility index (Phi) is 5.44. The molecule has 0 amide bonds. The SMILES string of the molecule is CCCCCCCCc1cccc2c1Sc1ccccc1O2. The Hall–Kier alpha value is -1.41. The van der Waals surface area contributed by atoms with Crippen LogP contribution in [0.25, 0.3) is 0 Å². The fraction of sp³-hybridized carbons (Fsp3) is 0.400. The fourth-order valence-corrected chi connectivity index (χ4v) is 3.99. The number of aryl methyl sites for hydroxylation is 1. The molecule has 3 rings (SSSR count). The van der Waals surface area contributed by atoms with Gasteiger partial charge in [0.05, 0.1) is 9.79 Å². The lowest BCUT2D eigenvalue weighted by atomic mass is 10.0. The summed E-state index contributed by atoms with van der Waals surface area (Å²) >= 11 is 1.86. The van der Waals surface area contributed by atoms with Crippen molar-refractivity contribution in [2.24, 2.45) is 0 Å². The number of fused-ring (bicyclic) bond motifs is 2. The van der Waals surface area contributed by atoms with Gasteiger partial charge in [0.15, 0.2) is 0 Å². The van der Waals surface area contributed by atoms with E-state index in [1.807, 2.05) is 23.9 Å². The molecule has 22 heavy (non-hydrogen) atoms. The second-order valence-electron chi connectivity index (χ2n) is 5.91. The first-order chi connectivity index (χ1) is 10.9. The van der Waals surface area contributed by atoms with E-state index in [1.54, 1.807) is 0 Å². The van der Waals surface area contributed by atoms with Crippen LogP contribution in [-0.2, 0) is 6.42 Å². The molecular weight excluding hydrogens is 288 g/mol. The van der Waals surface area contributed by atoms with Gasteiger partial charge in [0, 0.05) is 0 Å². The van der Waals surface area contributed by atoms with E-state index in [2.05, 4.69) is 37.3 Å². The van der Waals surface area contributed by atoms with Gasteiger partial charge in [-0.2, -0.15) is 0 Å². The van der Waals surface area contributed by atoms with Gasteiger partial charge in [0.25, 0.3) is 0 Å². The van der Waals surface area contributed by atoms with Crippen molar-refractivity contribution in [1.82, 2.24) is 0 Å². The van der Waals surface area contributed by atoms with E-state index in [1.165, 1.54) is 53.9 Å². The van der Waals surface area contributed by atoms with Crippen molar-refractivity contribution in [3.63, 3.8) is 0 Å². The summed E-state index contributed by atoms with van der Waals surface area (Å²) in [5, 5.41) is 0. The van der Waals surface area contributed by atoms with E-state index in [-0.39, 0.29) is 0 Å². The first-order valence-corrected chi connectivity index (χ1v) is 9.27. The summed E-state index contributed by atoms with van der Waals surface area (Å²) in [5.74, 6) is 2.00. The van der Waals surface area contributed by atoms with E-state index >= 15 is 0 Å². The summed E-state index contributed by atoms with van der Waals surface area (Å²) in [7, 11) is 0. The normalized spacial score (nSPS) is 12.4. The van der Waals surface area contributed by atoms with Crippen molar-refractivity contribution >= 4 is 11.8 Å². The molecule has 2 aromatic carbocycles. The number of hydrogen-bond donors (Lipinski definition) is 0. The van der Waals surface area contributed by atoms with Crippen molar-refractivity contribution in [1.29, 1.82) is 0 Å². The summed E-state index contributed by atoms with van der Waals surface area (Å²) in [6.07, 6.45) is 9.23. The average Bonchev–Trinajstić information content (AvgIpc) is 2.56. The highest BCUT2D eigenvalue weighted by Gasteiger charge is 2.19. The maximum atomic E-state index is 6.06. The first kappa shape index (κ1) is 15.5. The number of benzene rings is 2. The van der Waals surface area contributed by atoms with Crippen LogP contribution in [0.1, 0.15) is 51.0 Å². The molecule has 0 radical (unpaired) electrons. The number of unbranched alkanes of at least 4 members (excludes halogenated alkanes) is 5. The van der Waals surface area contributed by atoms with Gasteiger partial charge in [-0.15, -0.1) is 0 Å². The molecule has 116 valence electrons. The quantitative estimate of drug-likeness (QED) is 0.441. The monoisotopic (exact) mass is 312 g/mol. The Labute approximate surface area is 138 Å². The van der Waals surface area contributed by atoms with Gasteiger partial charge < -0.3 is 4.74 Å². The zero-order valence-corrected chi connectivity index (χ0v) is 14.1. The molecule has 0 spiro atoms. The van der Waals surface area contributed by atoms with E-state index < -0.39 is 0 Å². The van der Waals surface area contributed by atoms with Crippen LogP contribution in [0, 0.1) is 0 Å². The number of ether oxygens (including phenoxy) is 1. The van der Waals surface area contributed by atoms with Gasteiger partial charge in [-0.1, -0.05) is 75.1 Å². The van der Waals surface area contributed by atoms with E-state index in [9.17, 15) is 0 Å². The Balaban J connectivity index is 1.63. The molecule has 0 saturated carbocycles. The summed E-state index contributed by atoms with van der Waals surface area (Å²) in [6.45, 7) is 2.27. The highest BCUT2D eigenvalue weighted by atomic mass is 32.2.